The topological polar surface area (TPSA) is 135 Å². The molecule has 3 unspecified atom stereocenters. The van der Waals surface area contributed by atoms with Crippen molar-refractivity contribution >= 4 is 30.2 Å². The van der Waals surface area contributed by atoms with Gasteiger partial charge in [-0.1, -0.05) is 167 Å². The number of hydrogen-bond donors (Lipinski definition) is 0. The summed E-state index contributed by atoms with van der Waals surface area (Å²) in [6.45, 7) is 30.8. The fraction of sp³-hybridized carbons (Fsp3) is 0.902. The first-order chi connectivity index (χ1) is 29.8. The van der Waals surface area contributed by atoms with Crippen LogP contribution >= 0.6 is 0 Å². The van der Waals surface area contributed by atoms with Gasteiger partial charge in [-0.15, -0.1) is 0 Å². The quantitative estimate of drug-likeness (QED) is 0.0270. The minimum absolute atomic E-state index is 0.00392. The zero-order valence-corrected chi connectivity index (χ0v) is 43.6. The highest BCUT2D eigenvalue weighted by Gasteiger charge is 2.20. The smallest absolute Gasteiger partial charge is 0.320 e. The lowest BCUT2D eigenvalue weighted by molar-refractivity contribution is -0.153. The van der Waals surface area contributed by atoms with Crippen molar-refractivity contribution < 1.29 is 47.7 Å². The number of hydrogen-bond acceptors (Lipinski definition) is 11. The maximum absolute atomic E-state index is 12.4. The van der Waals surface area contributed by atoms with E-state index in [-0.39, 0.29) is 37.7 Å². The van der Waals surface area contributed by atoms with Crippen molar-refractivity contribution in [2.45, 2.75) is 238 Å². The molecular formula is C51H105NO10. The van der Waals surface area contributed by atoms with Crippen molar-refractivity contribution in [3.63, 3.8) is 0 Å². The van der Waals surface area contributed by atoms with E-state index in [0.29, 0.717) is 44.4 Å². The standard InChI is InChI=1S/C26H49NO5.C9H20O.C6H12O2.C5H10O2.C3H8.C2H6/c1-6-9-10-11-12-13-18-31-25(29)20-27(16-17-28)21-26(30)32-24(8-3)15-14-23(5)19-22(4)7-2;1-3-4-5-6-7-8-9-10-2;1-3-5-8-6(7)4-2;1-3-4-7-5(2)6;1-3-2;1-2/h17,22-24H,6-16,18-21H2,1-5H3;3-9H2,1-2H3;3-5H2,1-2H3;3-4H2,1-2H3;3H2,1-2H3;1-2H3. The first-order valence-electron chi connectivity index (χ1n) is 25.1. The summed E-state index contributed by atoms with van der Waals surface area (Å²) in [6.07, 6.45) is 23.9. The molecule has 0 aliphatic carbocycles. The number of aldehydes is 1. The van der Waals surface area contributed by atoms with E-state index in [0.717, 1.165) is 58.0 Å². The van der Waals surface area contributed by atoms with E-state index in [9.17, 15) is 24.0 Å². The van der Waals surface area contributed by atoms with Crippen LogP contribution in [0.4, 0.5) is 0 Å². The molecular weight excluding hydrogens is 787 g/mol. The summed E-state index contributed by atoms with van der Waals surface area (Å²) in [5.41, 5.74) is 0. The maximum Gasteiger partial charge on any atom is 0.320 e. The molecule has 374 valence electrons. The molecule has 62 heavy (non-hydrogen) atoms. The lowest BCUT2D eigenvalue weighted by Gasteiger charge is -2.22. The molecule has 11 heteroatoms. The van der Waals surface area contributed by atoms with Crippen LogP contribution in [0.3, 0.4) is 0 Å². The SMILES string of the molecule is CC.CCC.CCCCCCCCOC.CCCCCCCCOC(=O)CN(CC=O)CC(=O)OC(CC)CCC(C)CC(C)CC.CCCOC(=O)CC.CCCOC(C)=O. The molecule has 0 N–H and O–H groups in total. The van der Waals surface area contributed by atoms with E-state index < -0.39 is 11.9 Å². The Morgan fingerprint density at radius 1 is 0.548 bits per heavy atom. The molecule has 0 spiro atoms. The van der Waals surface area contributed by atoms with E-state index in [4.69, 9.17) is 18.9 Å². The fourth-order valence-corrected chi connectivity index (χ4v) is 5.37. The van der Waals surface area contributed by atoms with Gasteiger partial charge in [0.15, 0.2) is 0 Å². The number of ether oxygens (including phenoxy) is 5. The van der Waals surface area contributed by atoms with Crippen LogP contribution in [0, 0.1) is 11.8 Å². The Morgan fingerprint density at radius 2 is 1.02 bits per heavy atom. The van der Waals surface area contributed by atoms with Gasteiger partial charge >= 0.3 is 23.9 Å². The molecule has 0 aromatic heterocycles. The third-order valence-electron chi connectivity index (χ3n) is 9.00. The Balaban J connectivity index is -0.000000209. The number of esters is 4. The van der Waals surface area contributed by atoms with Crippen molar-refractivity contribution in [1.82, 2.24) is 4.90 Å². The van der Waals surface area contributed by atoms with Crippen LogP contribution in [0.15, 0.2) is 0 Å². The minimum Gasteiger partial charge on any atom is -0.466 e. The number of nitrogens with zero attached hydrogens (tertiary/aromatic N) is 1. The third kappa shape index (κ3) is 69.2. The second kappa shape index (κ2) is 62.8. The van der Waals surface area contributed by atoms with Gasteiger partial charge in [0, 0.05) is 27.1 Å². The van der Waals surface area contributed by atoms with E-state index in [1.54, 1.807) is 14.0 Å². The molecule has 0 aromatic carbocycles. The number of rotatable bonds is 33. The summed E-state index contributed by atoms with van der Waals surface area (Å²) < 4.78 is 25.1. The molecule has 0 heterocycles. The zero-order valence-electron chi connectivity index (χ0n) is 43.6. The molecule has 0 aliphatic rings. The summed E-state index contributed by atoms with van der Waals surface area (Å²) in [5.74, 6) is 0.223. The van der Waals surface area contributed by atoms with E-state index in [1.165, 1.54) is 88.9 Å². The Morgan fingerprint density at radius 3 is 1.44 bits per heavy atom. The van der Waals surface area contributed by atoms with Crippen molar-refractivity contribution in [3.05, 3.63) is 0 Å². The van der Waals surface area contributed by atoms with E-state index in [1.807, 2.05) is 34.6 Å². The molecule has 0 amide bonds. The summed E-state index contributed by atoms with van der Waals surface area (Å²) in [4.78, 5) is 57.3. The summed E-state index contributed by atoms with van der Waals surface area (Å²) in [5, 5.41) is 0. The molecule has 0 fully saturated rings. The van der Waals surface area contributed by atoms with Crippen LogP contribution in [0.1, 0.15) is 232 Å². The van der Waals surface area contributed by atoms with Gasteiger partial charge in [0.05, 0.1) is 39.5 Å². The first kappa shape index (κ1) is 71.1. The van der Waals surface area contributed by atoms with Crippen LogP contribution in [0.5, 0.6) is 0 Å². The second-order valence-corrected chi connectivity index (χ2v) is 15.7. The Labute approximate surface area is 384 Å². The molecule has 0 saturated carbocycles. The van der Waals surface area contributed by atoms with Crippen LogP contribution in [0.2, 0.25) is 0 Å². The molecule has 3 atom stereocenters. The highest BCUT2D eigenvalue weighted by molar-refractivity contribution is 5.76. The molecule has 0 aromatic rings. The predicted octanol–water partition coefficient (Wildman–Crippen LogP) is 13.3. The summed E-state index contributed by atoms with van der Waals surface area (Å²) >= 11 is 0. The Kier molecular flexibility index (Phi) is 72.0. The van der Waals surface area contributed by atoms with Gasteiger partial charge in [0.1, 0.15) is 12.4 Å². The zero-order chi connectivity index (χ0) is 48.7. The third-order valence-corrected chi connectivity index (χ3v) is 9.00. The Bertz CT molecular complexity index is 909. The normalized spacial score (nSPS) is 11.4. The average Bonchev–Trinajstić information content (AvgIpc) is 3.26. The van der Waals surface area contributed by atoms with Gasteiger partial charge in [-0.2, -0.15) is 0 Å². The molecule has 11 nitrogen and oxygen atoms in total. The van der Waals surface area contributed by atoms with E-state index >= 15 is 0 Å². The van der Waals surface area contributed by atoms with Crippen molar-refractivity contribution in [1.29, 1.82) is 0 Å². The van der Waals surface area contributed by atoms with Crippen LogP contribution in [-0.4, -0.2) is 94.3 Å². The number of methoxy groups -OCH3 is 1. The fourth-order valence-electron chi connectivity index (χ4n) is 5.37. The molecule has 0 aliphatic heterocycles. The van der Waals surface area contributed by atoms with Crippen molar-refractivity contribution in [2.24, 2.45) is 11.8 Å². The number of carbonyl (C=O) groups is 5. The van der Waals surface area contributed by atoms with Gasteiger partial charge in [-0.3, -0.25) is 24.1 Å². The van der Waals surface area contributed by atoms with Gasteiger partial charge in [0.2, 0.25) is 0 Å². The highest BCUT2D eigenvalue weighted by atomic mass is 16.5. The summed E-state index contributed by atoms with van der Waals surface area (Å²) in [7, 11) is 1.77. The molecule has 0 saturated heterocycles. The first-order valence-corrected chi connectivity index (χ1v) is 25.1. The highest BCUT2D eigenvalue weighted by Crippen LogP contribution is 2.21. The molecule has 0 rings (SSSR count). The van der Waals surface area contributed by atoms with Gasteiger partial charge in [0.25, 0.3) is 0 Å². The minimum atomic E-state index is -0.404. The van der Waals surface area contributed by atoms with Crippen LogP contribution < -0.4 is 0 Å². The predicted molar refractivity (Wildman–Crippen MR) is 261 cm³/mol. The van der Waals surface area contributed by atoms with Crippen molar-refractivity contribution in [2.75, 3.05) is 53.2 Å². The Hall–Kier alpha value is -2.53. The second-order valence-electron chi connectivity index (χ2n) is 15.7. The van der Waals surface area contributed by atoms with Gasteiger partial charge < -0.3 is 28.5 Å². The molecule has 0 radical (unpaired) electrons. The van der Waals surface area contributed by atoms with Crippen LogP contribution in [-0.2, 0) is 47.7 Å². The largest absolute Gasteiger partial charge is 0.466 e. The average molecular weight is 892 g/mol. The lowest BCUT2D eigenvalue weighted by atomic mass is 9.91. The lowest BCUT2D eigenvalue weighted by Crippen LogP contribution is -2.38. The molecule has 0 bridgehead atoms. The monoisotopic (exact) mass is 892 g/mol. The van der Waals surface area contributed by atoms with Crippen molar-refractivity contribution in [3.8, 4) is 0 Å². The maximum atomic E-state index is 12.4. The van der Waals surface area contributed by atoms with Gasteiger partial charge in [-0.25, -0.2) is 0 Å². The number of carbonyl (C=O) groups excluding carboxylic acids is 5. The van der Waals surface area contributed by atoms with Gasteiger partial charge in [-0.05, 0) is 63.2 Å². The van der Waals surface area contributed by atoms with E-state index in [2.05, 4.69) is 53.2 Å². The number of unbranched alkanes of at least 4 members (excludes halogenated alkanes) is 10. The van der Waals surface area contributed by atoms with Crippen LogP contribution in [0.25, 0.3) is 0 Å². The summed E-state index contributed by atoms with van der Waals surface area (Å²) in [6, 6.07) is 0.